The second-order valence-corrected chi connectivity index (χ2v) is 15.5. The third-order valence-electron chi connectivity index (χ3n) is 10.7. The van der Waals surface area contributed by atoms with Gasteiger partial charge in [-0.05, 0) is 55.8 Å². The molecule has 2 aliphatic carbocycles. The smallest absolute Gasteiger partial charge is 0.338 e. The van der Waals surface area contributed by atoms with Gasteiger partial charge in [-0.1, -0.05) is 93.6 Å². The van der Waals surface area contributed by atoms with Crippen LogP contribution in [0.4, 0.5) is 0 Å². The number of hydrogen-bond acceptors (Lipinski definition) is 12. The molecule has 57 heavy (non-hydrogen) atoms. The topological polar surface area (TPSA) is 172 Å². The van der Waals surface area contributed by atoms with Crippen molar-refractivity contribution in [3.8, 4) is 0 Å². The van der Waals surface area contributed by atoms with Gasteiger partial charge in [-0.2, -0.15) is 0 Å². The Hall–Kier alpha value is -5.59. The van der Waals surface area contributed by atoms with E-state index in [1.165, 1.54) is 32.1 Å². The number of rotatable bonds is 8. The lowest BCUT2D eigenvalue weighted by molar-refractivity contribution is -0.222. The lowest BCUT2D eigenvalue weighted by atomic mass is 9.72. The van der Waals surface area contributed by atoms with Crippen LogP contribution in [-0.4, -0.2) is 81.8 Å². The summed E-state index contributed by atoms with van der Waals surface area (Å²) in [4.78, 5) is 67.2. The lowest BCUT2D eigenvalue weighted by Gasteiger charge is -2.46. The van der Waals surface area contributed by atoms with E-state index < -0.39 is 88.8 Å². The Balaban J connectivity index is 1.78. The SMILES string of the molecule is CC(=O)O[C@@H]1C[C@@H](OC(=O)c2ccccc2)/C(C)=C/[C@H]2[C@@H](OC(=O)c3ccccc3)[C@@H](C)[C@H](OC(=O)c3ccccc3)[C@]2(OC(C)=O)[C@H](O)[C@](C)(O)/C=C/C1(C)C. The minimum absolute atomic E-state index is 0.0771. The van der Waals surface area contributed by atoms with Crippen molar-refractivity contribution in [3.05, 3.63) is 131 Å². The van der Waals surface area contributed by atoms with Crippen LogP contribution in [0, 0.1) is 17.3 Å². The van der Waals surface area contributed by atoms with Crippen molar-refractivity contribution < 1.29 is 57.9 Å². The van der Waals surface area contributed by atoms with Crippen molar-refractivity contribution in [2.45, 2.75) is 96.6 Å². The van der Waals surface area contributed by atoms with Crippen molar-refractivity contribution in [1.29, 1.82) is 0 Å². The van der Waals surface area contributed by atoms with E-state index in [1.807, 2.05) is 0 Å². The zero-order chi connectivity index (χ0) is 41.7. The van der Waals surface area contributed by atoms with Gasteiger partial charge in [0.15, 0.2) is 11.7 Å². The molecule has 3 aromatic carbocycles. The summed E-state index contributed by atoms with van der Waals surface area (Å²) in [5.41, 5.74) is -4.71. The highest BCUT2D eigenvalue weighted by Gasteiger charge is 2.70. The Morgan fingerprint density at radius 1 is 0.667 bits per heavy atom. The minimum atomic E-state index is -2.33. The van der Waals surface area contributed by atoms with Gasteiger partial charge in [0.2, 0.25) is 0 Å². The van der Waals surface area contributed by atoms with E-state index in [9.17, 15) is 34.2 Å². The number of esters is 5. The normalized spacial score (nSPS) is 31.0. The highest BCUT2D eigenvalue weighted by molar-refractivity contribution is 5.91. The molecule has 2 aliphatic rings. The first kappa shape index (κ1) is 42.6. The molecule has 0 amide bonds. The highest BCUT2D eigenvalue weighted by atomic mass is 16.6. The standard InChI is InChI=1S/C45H50O12/c1-27-25-34-37(55-40(49)32-19-13-9-14-20-32)28(2)38(56-41(50)33-21-15-10-16-22-33)45(34,57-30(4)47)42(51)44(7,52)24-23-43(5,6)36(53-29(3)46)26-35(27)54-39(48)31-17-11-8-12-18-31/h8-25,28,34-38,42,51-52H,26H2,1-7H3/b24-23+,27-25+/t28-,34+,35-,36-,37+,38+,42-,44-,45+/m1/s1. The molecule has 1 fully saturated rings. The molecule has 5 rings (SSSR count). The van der Waals surface area contributed by atoms with E-state index in [1.54, 1.807) is 119 Å². The Labute approximate surface area is 332 Å². The molecule has 0 bridgehead atoms. The Morgan fingerprint density at radius 2 is 1.14 bits per heavy atom. The fourth-order valence-corrected chi connectivity index (χ4v) is 7.68. The van der Waals surface area contributed by atoms with Crippen molar-refractivity contribution in [2.24, 2.45) is 17.3 Å². The van der Waals surface area contributed by atoms with Gasteiger partial charge in [0.25, 0.3) is 0 Å². The molecule has 302 valence electrons. The van der Waals surface area contributed by atoms with Crippen molar-refractivity contribution in [3.63, 3.8) is 0 Å². The molecule has 0 aromatic heterocycles. The lowest BCUT2D eigenvalue weighted by Crippen LogP contribution is -2.65. The van der Waals surface area contributed by atoms with Gasteiger partial charge < -0.3 is 33.9 Å². The van der Waals surface area contributed by atoms with Gasteiger partial charge >= 0.3 is 29.8 Å². The molecule has 0 saturated heterocycles. The summed E-state index contributed by atoms with van der Waals surface area (Å²) in [7, 11) is 0. The molecular weight excluding hydrogens is 732 g/mol. The van der Waals surface area contributed by atoms with Crippen LogP contribution >= 0.6 is 0 Å². The fraction of sp³-hybridized carbons (Fsp3) is 0.400. The summed E-state index contributed by atoms with van der Waals surface area (Å²) in [5.74, 6) is -6.14. The van der Waals surface area contributed by atoms with E-state index >= 15 is 0 Å². The maximum Gasteiger partial charge on any atom is 0.338 e. The van der Waals surface area contributed by atoms with Crippen LogP contribution in [0.15, 0.2) is 115 Å². The molecule has 3 aromatic rings. The van der Waals surface area contributed by atoms with E-state index in [4.69, 9.17) is 23.7 Å². The summed E-state index contributed by atoms with van der Waals surface area (Å²) in [5, 5.41) is 24.9. The van der Waals surface area contributed by atoms with E-state index in [-0.39, 0.29) is 23.1 Å². The minimum Gasteiger partial charge on any atom is -0.461 e. The molecule has 2 N–H and O–H groups in total. The first-order valence-electron chi connectivity index (χ1n) is 18.8. The van der Waals surface area contributed by atoms with Gasteiger partial charge in [0, 0.05) is 31.6 Å². The number of hydrogen-bond donors (Lipinski definition) is 2. The molecular formula is C45H50O12. The molecule has 9 atom stereocenters. The molecule has 12 nitrogen and oxygen atoms in total. The second-order valence-electron chi connectivity index (χ2n) is 15.5. The van der Waals surface area contributed by atoms with Crippen LogP contribution in [0.2, 0.25) is 0 Å². The molecule has 0 heterocycles. The molecule has 0 unspecified atom stereocenters. The second kappa shape index (κ2) is 17.3. The van der Waals surface area contributed by atoms with Crippen LogP contribution in [0.5, 0.6) is 0 Å². The van der Waals surface area contributed by atoms with Crippen molar-refractivity contribution in [1.82, 2.24) is 0 Å². The number of benzene rings is 3. The Morgan fingerprint density at radius 3 is 1.61 bits per heavy atom. The summed E-state index contributed by atoms with van der Waals surface area (Å²) in [6, 6.07) is 24.5. The largest absolute Gasteiger partial charge is 0.461 e. The number of aliphatic hydroxyl groups is 2. The highest BCUT2D eigenvalue weighted by Crippen LogP contribution is 2.52. The fourth-order valence-electron chi connectivity index (χ4n) is 7.68. The quantitative estimate of drug-likeness (QED) is 0.151. The number of fused-ring (bicyclic) bond motifs is 1. The van der Waals surface area contributed by atoms with E-state index in [0.717, 1.165) is 6.92 Å². The Bertz CT molecular complexity index is 1990. The first-order chi connectivity index (χ1) is 26.9. The number of ether oxygens (including phenoxy) is 5. The molecule has 0 spiro atoms. The third-order valence-corrected chi connectivity index (χ3v) is 10.7. The van der Waals surface area contributed by atoms with Crippen LogP contribution in [0.1, 0.15) is 86.0 Å². The Kier molecular flexibility index (Phi) is 12.9. The number of carbonyl (C=O) groups excluding carboxylic acids is 5. The maximum absolute atomic E-state index is 13.9. The van der Waals surface area contributed by atoms with E-state index in [2.05, 4.69) is 0 Å². The number of aliphatic hydroxyl groups excluding tert-OH is 1. The van der Waals surface area contributed by atoms with Crippen LogP contribution in [0.3, 0.4) is 0 Å². The van der Waals surface area contributed by atoms with Crippen LogP contribution in [-0.2, 0) is 33.3 Å². The van der Waals surface area contributed by atoms with Gasteiger partial charge in [0.05, 0.1) is 22.6 Å². The van der Waals surface area contributed by atoms with Gasteiger partial charge in [-0.3, -0.25) is 9.59 Å². The van der Waals surface area contributed by atoms with Gasteiger partial charge in [-0.25, -0.2) is 14.4 Å². The maximum atomic E-state index is 13.9. The van der Waals surface area contributed by atoms with Gasteiger partial charge in [-0.15, -0.1) is 0 Å². The molecule has 12 heteroatoms. The van der Waals surface area contributed by atoms with E-state index in [0.29, 0.717) is 5.57 Å². The molecule has 0 aliphatic heterocycles. The van der Waals surface area contributed by atoms with Gasteiger partial charge in [0.1, 0.15) is 30.0 Å². The molecule has 1 saturated carbocycles. The van der Waals surface area contributed by atoms with Crippen LogP contribution < -0.4 is 0 Å². The summed E-state index contributed by atoms with van der Waals surface area (Å²) < 4.78 is 30.6. The first-order valence-corrected chi connectivity index (χ1v) is 18.8. The summed E-state index contributed by atoms with van der Waals surface area (Å²) in [6.45, 7) is 10.4. The predicted molar refractivity (Wildman–Crippen MR) is 208 cm³/mol. The monoisotopic (exact) mass is 782 g/mol. The zero-order valence-electron chi connectivity index (χ0n) is 33.1. The average Bonchev–Trinajstić information content (AvgIpc) is 3.38. The van der Waals surface area contributed by atoms with Crippen LogP contribution in [0.25, 0.3) is 0 Å². The number of carbonyl (C=O) groups is 5. The summed E-state index contributed by atoms with van der Waals surface area (Å²) >= 11 is 0. The third kappa shape index (κ3) is 9.35. The van der Waals surface area contributed by atoms with Crippen molar-refractivity contribution >= 4 is 29.8 Å². The summed E-state index contributed by atoms with van der Waals surface area (Å²) in [6.07, 6.45) is -2.64. The predicted octanol–water partition coefficient (Wildman–Crippen LogP) is 6.21. The average molecular weight is 783 g/mol. The zero-order valence-corrected chi connectivity index (χ0v) is 33.1. The molecule has 0 radical (unpaired) electrons. The van der Waals surface area contributed by atoms with Crippen molar-refractivity contribution in [2.75, 3.05) is 0 Å².